The van der Waals surface area contributed by atoms with Gasteiger partial charge in [-0.1, -0.05) is 25.1 Å². The summed E-state index contributed by atoms with van der Waals surface area (Å²) in [6.07, 6.45) is 0.227. The lowest BCUT2D eigenvalue weighted by atomic mass is 10.1. The van der Waals surface area contributed by atoms with Gasteiger partial charge in [-0.3, -0.25) is 9.59 Å². The number of hydrogen-bond acceptors (Lipinski definition) is 4. The predicted octanol–water partition coefficient (Wildman–Crippen LogP) is 4.07. The molecule has 0 bridgehead atoms. The lowest BCUT2D eigenvalue weighted by Gasteiger charge is -2.17. The molecule has 7 nitrogen and oxygen atoms in total. The molecule has 0 unspecified atom stereocenters. The molecule has 2 aromatic carbocycles. The quantitative estimate of drug-likeness (QED) is 0.510. The average Bonchev–Trinajstić information content (AvgIpc) is 3.13. The maximum absolute atomic E-state index is 14.0. The first-order chi connectivity index (χ1) is 15.3. The van der Waals surface area contributed by atoms with Gasteiger partial charge < -0.3 is 5.32 Å². The van der Waals surface area contributed by atoms with Crippen molar-refractivity contribution in [2.75, 3.05) is 5.32 Å². The van der Waals surface area contributed by atoms with E-state index in [1.165, 1.54) is 0 Å². The molecule has 0 radical (unpaired) electrons. The van der Waals surface area contributed by atoms with Crippen molar-refractivity contribution in [1.29, 1.82) is 0 Å². The van der Waals surface area contributed by atoms with Crippen LogP contribution in [0.2, 0.25) is 0 Å². The summed E-state index contributed by atoms with van der Waals surface area (Å²) < 4.78 is 29.9. The molecule has 0 aliphatic heterocycles. The van der Waals surface area contributed by atoms with E-state index in [4.69, 9.17) is 0 Å². The van der Waals surface area contributed by atoms with Gasteiger partial charge in [0.05, 0.1) is 28.1 Å². The van der Waals surface area contributed by atoms with Crippen molar-refractivity contribution in [3.8, 4) is 5.69 Å². The van der Waals surface area contributed by atoms with Crippen molar-refractivity contribution >= 4 is 22.5 Å². The smallest absolute Gasteiger partial charge is 0.295 e. The van der Waals surface area contributed by atoms with Crippen LogP contribution in [0.4, 0.5) is 14.5 Å². The number of fused-ring (bicyclic) bond motifs is 1. The maximum atomic E-state index is 14.0. The largest absolute Gasteiger partial charge is 0.322 e. The lowest BCUT2D eigenvalue weighted by molar-refractivity contribution is -0.119. The predicted molar refractivity (Wildman–Crippen MR) is 117 cm³/mol. The summed E-state index contributed by atoms with van der Waals surface area (Å²) in [4.78, 5) is 26.1. The minimum atomic E-state index is -1.00. The molecule has 164 valence electrons. The highest BCUT2D eigenvalue weighted by Gasteiger charge is 2.26. The molecule has 2 heterocycles. The molecule has 1 amide bonds. The highest BCUT2D eigenvalue weighted by Crippen LogP contribution is 2.23. The number of aryl methyl sites for hydroxylation is 2. The Morgan fingerprint density at radius 1 is 1.09 bits per heavy atom. The van der Waals surface area contributed by atoms with Crippen LogP contribution in [0.25, 0.3) is 16.6 Å². The fraction of sp³-hybridized carbons (Fsp3) is 0.217. The maximum Gasteiger partial charge on any atom is 0.295 e. The fourth-order valence-electron chi connectivity index (χ4n) is 3.76. The molecule has 2 aromatic heterocycles. The second-order valence-corrected chi connectivity index (χ2v) is 7.43. The molecule has 0 saturated heterocycles. The third-order valence-corrected chi connectivity index (χ3v) is 5.32. The molecule has 0 aliphatic rings. The molecular formula is C23H21F2N5O2. The van der Waals surface area contributed by atoms with E-state index in [9.17, 15) is 18.4 Å². The third-order valence-electron chi connectivity index (χ3n) is 5.32. The summed E-state index contributed by atoms with van der Waals surface area (Å²) >= 11 is 0. The van der Waals surface area contributed by atoms with E-state index < -0.39 is 29.1 Å². The Morgan fingerprint density at radius 2 is 1.81 bits per heavy atom. The highest BCUT2D eigenvalue weighted by atomic mass is 19.1. The van der Waals surface area contributed by atoms with E-state index in [-0.39, 0.29) is 17.6 Å². The number of halogens is 2. The fourth-order valence-corrected chi connectivity index (χ4v) is 3.76. The highest BCUT2D eigenvalue weighted by molar-refractivity contribution is 5.94. The molecule has 0 saturated carbocycles. The molecule has 0 fully saturated rings. The normalized spacial score (nSPS) is 12.2. The number of amides is 1. The van der Waals surface area contributed by atoms with Gasteiger partial charge in [-0.25, -0.2) is 18.1 Å². The number of nitrogens with zero attached hydrogens (tertiary/aromatic N) is 4. The third kappa shape index (κ3) is 3.66. The molecule has 32 heavy (non-hydrogen) atoms. The Balaban J connectivity index is 1.78. The zero-order chi connectivity index (χ0) is 23.0. The molecule has 9 heteroatoms. The van der Waals surface area contributed by atoms with Crippen LogP contribution in [0.5, 0.6) is 0 Å². The number of hydrogen-bond donors (Lipinski definition) is 1. The minimum Gasteiger partial charge on any atom is -0.322 e. The van der Waals surface area contributed by atoms with Crippen molar-refractivity contribution in [2.24, 2.45) is 0 Å². The van der Waals surface area contributed by atoms with E-state index in [1.54, 1.807) is 18.5 Å². The van der Waals surface area contributed by atoms with Crippen LogP contribution in [-0.4, -0.2) is 25.5 Å². The van der Waals surface area contributed by atoms with Gasteiger partial charge in [0, 0.05) is 6.07 Å². The van der Waals surface area contributed by atoms with Gasteiger partial charge >= 0.3 is 0 Å². The zero-order valence-electron chi connectivity index (χ0n) is 17.8. The van der Waals surface area contributed by atoms with Crippen molar-refractivity contribution in [3.63, 3.8) is 0 Å². The summed E-state index contributed by atoms with van der Waals surface area (Å²) in [5.41, 5.74) is 1.58. The Morgan fingerprint density at radius 3 is 2.47 bits per heavy atom. The minimum absolute atomic E-state index is 0.176. The van der Waals surface area contributed by atoms with Gasteiger partial charge in [0.1, 0.15) is 17.7 Å². The standard InChI is InChI=1S/C23H21F2N5O2/c1-4-19(22(31)26-18-11-10-15(24)12-17(18)25)30-23(32)21-20(13(2)27-30)14(3)29(28-21)16-8-6-5-7-9-16/h5-12,19H,4H2,1-3H3,(H,26,31)/t19-/m1/s1. The number of para-hydroxylation sites is 1. The molecule has 4 aromatic rings. The average molecular weight is 437 g/mol. The summed E-state index contributed by atoms with van der Waals surface area (Å²) in [6, 6.07) is 11.2. The Labute approximate surface area is 182 Å². The Kier molecular flexibility index (Phi) is 5.56. The lowest BCUT2D eigenvalue weighted by Crippen LogP contribution is -2.35. The van der Waals surface area contributed by atoms with Crippen molar-refractivity contribution < 1.29 is 13.6 Å². The van der Waals surface area contributed by atoms with Crippen LogP contribution in [0.3, 0.4) is 0 Å². The zero-order valence-corrected chi connectivity index (χ0v) is 17.8. The van der Waals surface area contributed by atoms with E-state index >= 15 is 0 Å². The molecule has 0 spiro atoms. The van der Waals surface area contributed by atoms with Crippen LogP contribution in [0.15, 0.2) is 53.3 Å². The van der Waals surface area contributed by atoms with Gasteiger partial charge in [0.15, 0.2) is 5.52 Å². The monoisotopic (exact) mass is 437 g/mol. The number of benzene rings is 2. The van der Waals surface area contributed by atoms with Gasteiger partial charge in [0.25, 0.3) is 5.56 Å². The molecule has 0 aliphatic carbocycles. The number of rotatable bonds is 5. The summed E-state index contributed by atoms with van der Waals surface area (Å²) in [6.45, 7) is 5.31. The van der Waals surface area contributed by atoms with E-state index in [1.807, 2.05) is 37.3 Å². The number of anilines is 1. The van der Waals surface area contributed by atoms with Crippen molar-refractivity contribution in [1.82, 2.24) is 19.6 Å². The van der Waals surface area contributed by atoms with E-state index in [2.05, 4.69) is 15.5 Å². The van der Waals surface area contributed by atoms with Crippen LogP contribution in [0.1, 0.15) is 30.8 Å². The number of carbonyl (C=O) groups excluding carboxylic acids is 1. The van der Waals surface area contributed by atoms with Crippen LogP contribution in [0, 0.1) is 25.5 Å². The van der Waals surface area contributed by atoms with Crippen LogP contribution >= 0.6 is 0 Å². The molecule has 1 N–H and O–H groups in total. The van der Waals surface area contributed by atoms with Crippen LogP contribution < -0.4 is 10.9 Å². The van der Waals surface area contributed by atoms with E-state index in [0.717, 1.165) is 28.2 Å². The summed E-state index contributed by atoms with van der Waals surface area (Å²) in [7, 11) is 0. The summed E-state index contributed by atoms with van der Waals surface area (Å²) in [5.74, 6) is -2.29. The first kappa shape index (κ1) is 21.4. The van der Waals surface area contributed by atoms with Gasteiger partial charge in [-0.05, 0) is 44.5 Å². The topological polar surface area (TPSA) is 81.8 Å². The second kappa shape index (κ2) is 8.33. The molecule has 4 rings (SSSR count). The van der Waals surface area contributed by atoms with Crippen LogP contribution in [-0.2, 0) is 4.79 Å². The van der Waals surface area contributed by atoms with Gasteiger partial charge in [-0.2, -0.15) is 10.2 Å². The van der Waals surface area contributed by atoms with Crippen molar-refractivity contribution in [2.45, 2.75) is 33.2 Å². The van der Waals surface area contributed by atoms with Crippen molar-refractivity contribution in [3.05, 3.63) is 81.9 Å². The molecular weight excluding hydrogens is 416 g/mol. The Bertz CT molecular complexity index is 1380. The number of aromatic nitrogens is 4. The number of nitrogens with one attached hydrogen (secondary N) is 1. The summed E-state index contributed by atoms with van der Waals surface area (Å²) in [5, 5.41) is 11.9. The SMILES string of the molecule is CC[C@H](C(=O)Nc1ccc(F)cc1F)n1nc(C)c2c(C)n(-c3ccccc3)nc2c1=O. The van der Waals surface area contributed by atoms with E-state index in [0.29, 0.717) is 17.1 Å². The first-order valence-electron chi connectivity index (χ1n) is 10.1. The molecule has 1 atom stereocenters. The van der Waals surface area contributed by atoms with Gasteiger partial charge in [0.2, 0.25) is 5.91 Å². The van der Waals surface area contributed by atoms with Gasteiger partial charge in [-0.15, -0.1) is 0 Å². The first-order valence-corrected chi connectivity index (χ1v) is 10.1. The second-order valence-electron chi connectivity index (χ2n) is 7.43. The Hall–Kier alpha value is -3.88. The number of carbonyl (C=O) groups is 1.